The summed E-state index contributed by atoms with van der Waals surface area (Å²) in [5, 5.41) is 17.2. The summed E-state index contributed by atoms with van der Waals surface area (Å²) in [4.78, 5) is 11.2. The maximum Gasteiger partial charge on any atom is 0.214 e. The number of hydrogen-bond acceptors (Lipinski definition) is 7. The van der Waals surface area contributed by atoms with Crippen LogP contribution in [0.1, 0.15) is 32.4 Å². The topological polar surface area (TPSA) is 97.6 Å². The number of aryl methyl sites for hydroxylation is 1. The fourth-order valence-corrected chi connectivity index (χ4v) is 3.84. The average Bonchev–Trinajstić information content (AvgIpc) is 3.36. The lowest BCUT2D eigenvalue weighted by Crippen LogP contribution is -2.34. The van der Waals surface area contributed by atoms with Gasteiger partial charge >= 0.3 is 0 Å². The van der Waals surface area contributed by atoms with Gasteiger partial charge in [0.2, 0.25) is 5.88 Å². The van der Waals surface area contributed by atoms with Crippen LogP contribution in [0.4, 0.5) is 5.82 Å². The molecule has 30 heavy (non-hydrogen) atoms. The highest BCUT2D eigenvalue weighted by atomic mass is 16.5. The number of pyridine rings is 2. The zero-order valence-electron chi connectivity index (χ0n) is 17.3. The molecule has 154 valence electrons. The molecule has 5 rings (SSSR count). The number of anilines is 1. The molecule has 0 aromatic carbocycles. The molecule has 0 atom stereocenters. The van der Waals surface area contributed by atoms with Crippen LogP contribution in [0.5, 0.6) is 5.88 Å². The van der Waals surface area contributed by atoms with E-state index < -0.39 is 0 Å². The van der Waals surface area contributed by atoms with E-state index in [4.69, 9.17) is 4.74 Å². The number of fused-ring (bicyclic) bond motifs is 2. The molecule has 0 amide bonds. The summed E-state index contributed by atoms with van der Waals surface area (Å²) in [6.07, 6.45) is 4.54. The molecule has 0 unspecified atom stereocenters. The van der Waals surface area contributed by atoms with Crippen molar-refractivity contribution in [2.45, 2.75) is 46.4 Å². The molecular weight excluding hydrogens is 380 g/mol. The highest BCUT2D eigenvalue weighted by Gasteiger charge is 2.22. The zero-order chi connectivity index (χ0) is 20.7. The van der Waals surface area contributed by atoms with Gasteiger partial charge in [-0.05, 0) is 26.0 Å². The molecule has 0 bridgehead atoms. The molecule has 0 radical (unpaired) electrons. The Labute approximate surface area is 174 Å². The Morgan fingerprint density at radius 1 is 1.17 bits per heavy atom. The van der Waals surface area contributed by atoms with Gasteiger partial charge in [-0.15, -0.1) is 10.2 Å². The molecule has 0 aliphatic carbocycles. The van der Waals surface area contributed by atoms with E-state index in [1.807, 2.05) is 32.2 Å². The Hall–Kier alpha value is -3.49. The summed E-state index contributed by atoms with van der Waals surface area (Å²) in [5.74, 6) is 3.53. The monoisotopic (exact) mass is 404 g/mol. The van der Waals surface area contributed by atoms with E-state index in [-0.39, 0.29) is 6.10 Å². The van der Waals surface area contributed by atoms with E-state index in [2.05, 4.69) is 52.8 Å². The number of hydrogen-bond donors (Lipinski definition) is 1. The van der Waals surface area contributed by atoms with Crippen molar-refractivity contribution < 1.29 is 4.74 Å². The van der Waals surface area contributed by atoms with E-state index in [1.165, 1.54) is 0 Å². The second-order valence-electron chi connectivity index (χ2n) is 7.67. The second kappa shape index (κ2) is 7.40. The first-order chi connectivity index (χ1) is 14.6. The lowest BCUT2D eigenvalue weighted by molar-refractivity contribution is 0.233. The van der Waals surface area contributed by atoms with Gasteiger partial charge in [0.25, 0.3) is 0 Å². The highest BCUT2D eigenvalue weighted by molar-refractivity contribution is 5.93. The molecule has 1 aliphatic rings. The summed E-state index contributed by atoms with van der Waals surface area (Å²) in [7, 11) is 0. The summed E-state index contributed by atoms with van der Waals surface area (Å²) >= 11 is 0. The molecule has 0 saturated carbocycles. The number of H-pyrrole nitrogens is 1. The first-order valence-electron chi connectivity index (χ1n) is 10.3. The fourth-order valence-electron chi connectivity index (χ4n) is 3.84. The molecule has 0 fully saturated rings. The first-order valence-corrected chi connectivity index (χ1v) is 10.3. The molecule has 0 saturated heterocycles. The van der Waals surface area contributed by atoms with Crippen molar-refractivity contribution in [1.29, 1.82) is 0 Å². The molecule has 4 aromatic rings. The number of aromatic nitrogens is 7. The maximum absolute atomic E-state index is 5.76. The van der Waals surface area contributed by atoms with Crippen LogP contribution in [-0.2, 0) is 19.5 Å². The third kappa shape index (κ3) is 3.26. The Morgan fingerprint density at radius 3 is 2.90 bits per heavy atom. The summed E-state index contributed by atoms with van der Waals surface area (Å²) in [6, 6.07) is 5.99. The fraction of sp³-hybridized carbons (Fsp3) is 0.381. The van der Waals surface area contributed by atoms with E-state index >= 15 is 0 Å². The van der Waals surface area contributed by atoms with Gasteiger partial charge in [-0.25, -0.2) is 9.97 Å². The van der Waals surface area contributed by atoms with Gasteiger partial charge in [0.1, 0.15) is 17.3 Å². The van der Waals surface area contributed by atoms with E-state index in [0.29, 0.717) is 12.4 Å². The predicted molar refractivity (Wildman–Crippen MR) is 113 cm³/mol. The van der Waals surface area contributed by atoms with Crippen molar-refractivity contribution in [1.82, 2.24) is 34.9 Å². The molecule has 1 N–H and O–H groups in total. The van der Waals surface area contributed by atoms with Crippen LogP contribution in [0.3, 0.4) is 0 Å². The molecule has 5 heterocycles. The quantitative estimate of drug-likeness (QED) is 0.546. The van der Waals surface area contributed by atoms with Crippen molar-refractivity contribution in [3.8, 4) is 17.1 Å². The van der Waals surface area contributed by atoms with E-state index in [0.717, 1.165) is 59.1 Å². The minimum Gasteiger partial charge on any atom is -0.475 e. The van der Waals surface area contributed by atoms with Gasteiger partial charge in [-0.2, -0.15) is 5.10 Å². The normalized spacial score (nSPS) is 13.8. The lowest BCUT2D eigenvalue weighted by Gasteiger charge is -2.28. The van der Waals surface area contributed by atoms with E-state index in [9.17, 15) is 0 Å². The Balaban J connectivity index is 1.47. The van der Waals surface area contributed by atoms with Crippen LogP contribution < -0.4 is 9.64 Å². The minimum atomic E-state index is 0.0622. The molecule has 9 heteroatoms. The number of ether oxygens (including phenoxy) is 1. The smallest absolute Gasteiger partial charge is 0.214 e. The van der Waals surface area contributed by atoms with Crippen LogP contribution in [0.2, 0.25) is 0 Å². The predicted octanol–water partition coefficient (Wildman–Crippen LogP) is 2.98. The molecule has 1 aliphatic heterocycles. The van der Waals surface area contributed by atoms with Crippen LogP contribution in [0.15, 0.2) is 30.6 Å². The van der Waals surface area contributed by atoms with Gasteiger partial charge < -0.3 is 14.2 Å². The van der Waals surface area contributed by atoms with Crippen LogP contribution in [-0.4, -0.2) is 47.6 Å². The van der Waals surface area contributed by atoms with Crippen molar-refractivity contribution in [3.05, 3.63) is 42.2 Å². The molecule has 4 aromatic heterocycles. The van der Waals surface area contributed by atoms with Crippen molar-refractivity contribution in [3.63, 3.8) is 0 Å². The standard InChI is InChI=1S/C21H24N8O/c1-4-17-25-26-19-12-28(7-8-29(17)19)18-9-14(5-6-22-18)21-15-10-20(30-13(2)3)23-11-16(15)24-27-21/h5-6,9-11,13H,4,7-8,12H2,1-3H3,(H,24,27). The third-order valence-electron chi connectivity index (χ3n) is 5.27. The molecule has 0 spiro atoms. The molecule has 9 nitrogen and oxygen atoms in total. The Morgan fingerprint density at radius 2 is 2.07 bits per heavy atom. The first kappa shape index (κ1) is 18.5. The Kier molecular flexibility index (Phi) is 4.57. The highest BCUT2D eigenvalue weighted by Crippen LogP contribution is 2.30. The summed E-state index contributed by atoms with van der Waals surface area (Å²) < 4.78 is 7.97. The minimum absolute atomic E-state index is 0.0622. The van der Waals surface area contributed by atoms with Gasteiger partial charge in [0, 0.05) is 42.7 Å². The zero-order valence-corrected chi connectivity index (χ0v) is 17.3. The van der Waals surface area contributed by atoms with Crippen LogP contribution in [0.25, 0.3) is 22.2 Å². The maximum atomic E-state index is 5.76. The SMILES string of the molecule is CCc1nnc2n1CCN(c1cc(-c3n[nH]c4cnc(OC(C)C)cc34)ccn1)C2. The third-order valence-corrected chi connectivity index (χ3v) is 5.27. The van der Waals surface area contributed by atoms with Gasteiger partial charge in [0.05, 0.1) is 24.4 Å². The van der Waals surface area contributed by atoms with Crippen molar-refractivity contribution in [2.24, 2.45) is 0 Å². The largest absolute Gasteiger partial charge is 0.475 e. The number of nitrogens with one attached hydrogen (secondary N) is 1. The number of rotatable bonds is 5. The second-order valence-corrected chi connectivity index (χ2v) is 7.67. The van der Waals surface area contributed by atoms with Crippen molar-refractivity contribution >= 4 is 16.7 Å². The van der Waals surface area contributed by atoms with E-state index in [1.54, 1.807) is 6.20 Å². The van der Waals surface area contributed by atoms with Gasteiger partial charge in [-0.3, -0.25) is 5.10 Å². The number of aromatic amines is 1. The summed E-state index contributed by atoms with van der Waals surface area (Å²) in [6.45, 7) is 8.51. The van der Waals surface area contributed by atoms with Crippen molar-refractivity contribution in [2.75, 3.05) is 11.4 Å². The number of nitrogens with zero attached hydrogens (tertiary/aromatic N) is 7. The lowest BCUT2D eigenvalue weighted by atomic mass is 10.1. The van der Waals surface area contributed by atoms with Crippen LogP contribution >= 0.6 is 0 Å². The Bertz CT molecular complexity index is 1190. The molecular formula is C21H24N8O. The van der Waals surface area contributed by atoms with Crippen LogP contribution in [0, 0.1) is 0 Å². The van der Waals surface area contributed by atoms with Gasteiger partial charge in [0.15, 0.2) is 5.82 Å². The van der Waals surface area contributed by atoms with Gasteiger partial charge in [-0.1, -0.05) is 6.92 Å². The average molecular weight is 404 g/mol. The summed E-state index contributed by atoms with van der Waals surface area (Å²) in [5.41, 5.74) is 2.73.